The first-order valence-corrected chi connectivity index (χ1v) is 10.0. The van der Waals surface area contributed by atoms with Crippen LogP contribution in [0.3, 0.4) is 0 Å². The third-order valence-corrected chi connectivity index (χ3v) is 5.07. The van der Waals surface area contributed by atoms with Gasteiger partial charge in [0.1, 0.15) is 11.9 Å². The number of hydrogen-bond acceptors (Lipinski definition) is 3. The van der Waals surface area contributed by atoms with Gasteiger partial charge in [-0.3, -0.25) is 9.10 Å². The third kappa shape index (κ3) is 5.22. The number of carbonyl (C=O) groups excluding carboxylic acids is 1. The van der Waals surface area contributed by atoms with Crippen molar-refractivity contribution in [1.82, 2.24) is 0 Å². The Morgan fingerprint density at radius 1 is 1.07 bits per heavy atom. The van der Waals surface area contributed by atoms with Crippen molar-refractivity contribution < 1.29 is 30.8 Å². The van der Waals surface area contributed by atoms with Crippen molar-refractivity contribution in [3.8, 4) is 0 Å². The van der Waals surface area contributed by atoms with Crippen LogP contribution in [0.4, 0.5) is 28.9 Å². The summed E-state index contributed by atoms with van der Waals surface area (Å²) in [6, 6.07) is 7.18. The van der Waals surface area contributed by atoms with E-state index in [1.165, 1.54) is 12.1 Å². The van der Waals surface area contributed by atoms with Gasteiger partial charge in [0.2, 0.25) is 15.9 Å². The van der Waals surface area contributed by atoms with E-state index in [2.05, 4.69) is 5.32 Å². The van der Waals surface area contributed by atoms with Crippen molar-refractivity contribution in [2.75, 3.05) is 15.9 Å². The molecule has 0 fully saturated rings. The molecule has 2 aromatic rings. The molecule has 28 heavy (non-hydrogen) atoms. The van der Waals surface area contributed by atoms with Crippen LogP contribution in [0, 0.1) is 5.82 Å². The fraction of sp³-hybridized carbons (Fsp3) is 0.278. The number of carbonyl (C=O) groups is 1. The zero-order chi connectivity index (χ0) is 21.1. The average Bonchev–Trinajstić information content (AvgIpc) is 2.59. The number of alkyl halides is 3. The molecule has 0 aromatic heterocycles. The number of nitrogens with zero attached hydrogens (tertiary/aromatic N) is 1. The molecule has 0 spiro atoms. The molecule has 0 bridgehead atoms. The van der Waals surface area contributed by atoms with Gasteiger partial charge in [0.25, 0.3) is 0 Å². The third-order valence-electron chi connectivity index (χ3n) is 3.89. The van der Waals surface area contributed by atoms with Gasteiger partial charge in [-0.2, -0.15) is 13.2 Å². The summed E-state index contributed by atoms with van der Waals surface area (Å²) in [7, 11) is -3.90. The number of nitrogens with one attached hydrogen (secondary N) is 1. The zero-order valence-corrected chi connectivity index (χ0v) is 15.8. The second-order valence-corrected chi connectivity index (χ2v) is 7.88. The maximum absolute atomic E-state index is 13.2. The molecule has 10 heteroatoms. The van der Waals surface area contributed by atoms with Gasteiger partial charge in [-0.15, -0.1) is 0 Å². The normalized spacial score (nSPS) is 13.1. The van der Waals surface area contributed by atoms with Gasteiger partial charge in [-0.1, -0.05) is 6.92 Å². The summed E-state index contributed by atoms with van der Waals surface area (Å²) in [6.45, 7) is 1.58. The lowest BCUT2D eigenvalue weighted by Crippen LogP contribution is -2.47. The Balaban J connectivity index is 2.30. The van der Waals surface area contributed by atoms with Crippen LogP contribution in [0.2, 0.25) is 0 Å². The molecule has 0 saturated carbocycles. The van der Waals surface area contributed by atoms with Crippen molar-refractivity contribution >= 4 is 27.3 Å². The van der Waals surface area contributed by atoms with Crippen LogP contribution >= 0.6 is 0 Å². The van der Waals surface area contributed by atoms with E-state index < -0.39 is 39.5 Å². The van der Waals surface area contributed by atoms with E-state index in [9.17, 15) is 30.8 Å². The first-order valence-electron chi connectivity index (χ1n) is 8.16. The van der Waals surface area contributed by atoms with Crippen LogP contribution in [-0.4, -0.2) is 26.6 Å². The van der Waals surface area contributed by atoms with Gasteiger partial charge >= 0.3 is 6.18 Å². The van der Waals surface area contributed by atoms with Gasteiger partial charge in [0.05, 0.1) is 17.5 Å². The summed E-state index contributed by atoms with van der Waals surface area (Å²) in [5.74, 6) is -1.29. The lowest BCUT2D eigenvalue weighted by atomic mass is 10.1. The highest BCUT2D eigenvalue weighted by Crippen LogP contribution is 2.30. The van der Waals surface area contributed by atoms with E-state index in [1.54, 1.807) is 6.92 Å². The predicted molar refractivity (Wildman–Crippen MR) is 97.9 cm³/mol. The van der Waals surface area contributed by atoms with E-state index in [0.717, 1.165) is 47.0 Å². The first kappa shape index (κ1) is 21.7. The summed E-state index contributed by atoms with van der Waals surface area (Å²) in [4.78, 5) is 12.6. The minimum atomic E-state index is -4.51. The molecule has 5 nitrogen and oxygen atoms in total. The zero-order valence-electron chi connectivity index (χ0n) is 15.0. The maximum Gasteiger partial charge on any atom is 0.416 e. The summed E-state index contributed by atoms with van der Waals surface area (Å²) < 4.78 is 76.4. The van der Waals surface area contributed by atoms with E-state index in [1.807, 2.05) is 0 Å². The molecule has 1 amide bonds. The summed E-state index contributed by atoms with van der Waals surface area (Å²) in [5.41, 5.74) is -0.691. The van der Waals surface area contributed by atoms with Gasteiger partial charge < -0.3 is 5.32 Å². The molecule has 0 radical (unpaired) electrons. The maximum atomic E-state index is 13.2. The van der Waals surface area contributed by atoms with Crippen LogP contribution in [0.15, 0.2) is 48.5 Å². The Labute approximate surface area is 160 Å². The number of hydrogen-bond donors (Lipinski definition) is 1. The monoisotopic (exact) mass is 418 g/mol. The number of halogens is 4. The second-order valence-electron chi connectivity index (χ2n) is 6.02. The lowest BCUT2D eigenvalue weighted by Gasteiger charge is -2.30. The van der Waals surface area contributed by atoms with Gasteiger partial charge in [-0.05, 0) is 55.0 Å². The fourth-order valence-electron chi connectivity index (χ4n) is 2.62. The van der Waals surface area contributed by atoms with Crippen LogP contribution in [0.25, 0.3) is 0 Å². The largest absolute Gasteiger partial charge is 0.416 e. The molecular weight excluding hydrogens is 400 g/mol. The Kier molecular flexibility index (Phi) is 6.33. The first-order chi connectivity index (χ1) is 12.9. The quantitative estimate of drug-likeness (QED) is 0.721. The van der Waals surface area contributed by atoms with Crippen molar-refractivity contribution in [2.45, 2.75) is 25.6 Å². The number of anilines is 2. The topological polar surface area (TPSA) is 66.5 Å². The molecule has 1 atom stereocenters. The molecule has 2 aromatic carbocycles. The summed E-state index contributed by atoms with van der Waals surface area (Å²) >= 11 is 0. The van der Waals surface area contributed by atoms with Crippen molar-refractivity contribution in [3.63, 3.8) is 0 Å². The Bertz CT molecular complexity index is 927. The van der Waals surface area contributed by atoms with Gasteiger partial charge in [0.15, 0.2) is 0 Å². The molecule has 0 aliphatic heterocycles. The standard InChI is InChI=1S/C18H18F4N2O3S/c1-3-16(24(28(2,26)27)15-10-6-13(19)7-11-15)17(25)23-14-8-4-12(5-9-14)18(20,21)22/h4-11,16H,3H2,1-2H3,(H,23,25). The van der Waals surface area contributed by atoms with Gasteiger partial charge in [0, 0.05) is 5.69 Å². The Hall–Kier alpha value is -2.62. The SMILES string of the molecule is CCC(C(=O)Nc1ccc(C(F)(F)F)cc1)N(c1ccc(F)cc1)S(C)(=O)=O. The number of rotatable bonds is 6. The van der Waals surface area contributed by atoms with E-state index in [0.29, 0.717) is 0 Å². The van der Waals surface area contributed by atoms with Crippen molar-refractivity contribution in [2.24, 2.45) is 0 Å². The lowest BCUT2D eigenvalue weighted by molar-refractivity contribution is -0.137. The van der Waals surface area contributed by atoms with E-state index in [-0.39, 0.29) is 17.8 Å². The molecule has 1 N–H and O–H groups in total. The summed E-state index contributed by atoms with van der Waals surface area (Å²) in [6.07, 6.45) is -3.52. The summed E-state index contributed by atoms with van der Waals surface area (Å²) in [5, 5.41) is 2.42. The van der Waals surface area contributed by atoms with Crippen LogP contribution in [0.1, 0.15) is 18.9 Å². The fourth-order valence-corrected chi connectivity index (χ4v) is 3.83. The van der Waals surface area contributed by atoms with Crippen molar-refractivity contribution in [3.05, 3.63) is 59.9 Å². The predicted octanol–water partition coefficient (Wildman–Crippen LogP) is 4.03. The van der Waals surface area contributed by atoms with Gasteiger partial charge in [-0.25, -0.2) is 12.8 Å². The second kappa shape index (κ2) is 8.17. The van der Waals surface area contributed by atoms with Crippen LogP contribution in [0.5, 0.6) is 0 Å². The van der Waals surface area contributed by atoms with Crippen LogP contribution in [-0.2, 0) is 21.0 Å². The Morgan fingerprint density at radius 3 is 2.04 bits per heavy atom. The molecule has 152 valence electrons. The Morgan fingerprint density at radius 2 is 1.61 bits per heavy atom. The highest BCUT2D eigenvalue weighted by Gasteiger charge is 2.32. The number of sulfonamides is 1. The molecule has 0 aliphatic rings. The van der Waals surface area contributed by atoms with Crippen LogP contribution < -0.4 is 9.62 Å². The smallest absolute Gasteiger partial charge is 0.324 e. The van der Waals surface area contributed by atoms with Crippen molar-refractivity contribution in [1.29, 1.82) is 0 Å². The van der Waals surface area contributed by atoms with E-state index >= 15 is 0 Å². The highest BCUT2D eigenvalue weighted by molar-refractivity contribution is 7.92. The molecule has 0 heterocycles. The molecule has 0 saturated heterocycles. The molecular formula is C18H18F4N2O3S. The van der Waals surface area contributed by atoms with E-state index in [4.69, 9.17) is 0 Å². The molecule has 2 rings (SSSR count). The molecule has 1 unspecified atom stereocenters. The minimum absolute atomic E-state index is 0.0803. The number of benzene rings is 2. The number of amides is 1. The average molecular weight is 418 g/mol. The highest BCUT2D eigenvalue weighted by atomic mass is 32.2. The minimum Gasteiger partial charge on any atom is -0.324 e. The molecule has 0 aliphatic carbocycles.